The first-order valence-corrected chi connectivity index (χ1v) is 11.2. The Morgan fingerprint density at radius 1 is 1.09 bits per heavy atom. The van der Waals surface area contributed by atoms with Crippen molar-refractivity contribution in [3.05, 3.63) is 51.7 Å². The normalized spacial score (nSPS) is 11.1. The SMILES string of the molecule is CCOCCOCc1cccc(CNC(=O)c2sc3nc(COC)nc(OC)c3c2C)c1. The Bertz CT molecular complexity index is 1050. The molecule has 0 unspecified atom stereocenters. The van der Waals surface area contributed by atoms with E-state index < -0.39 is 0 Å². The van der Waals surface area contributed by atoms with Gasteiger partial charge in [0.2, 0.25) is 5.88 Å². The van der Waals surface area contributed by atoms with Gasteiger partial charge in [-0.05, 0) is 30.5 Å². The third-order valence-electron chi connectivity index (χ3n) is 4.77. The van der Waals surface area contributed by atoms with Crippen molar-refractivity contribution < 1.29 is 23.7 Å². The first-order valence-electron chi connectivity index (χ1n) is 10.4. The summed E-state index contributed by atoms with van der Waals surface area (Å²) >= 11 is 1.33. The third-order valence-corrected chi connectivity index (χ3v) is 5.95. The van der Waals surface area contributed by atoms with Crippen molar-refractivity contribution in [1.29, 1.82) is 0 Å². The molecule has 172 valence electrons. The fourth-order valence-corrected chi connectivity index (χ4v) is 4.35. The summed E-state index contributed by atoms with van der Waals surface area (Å²) in [4.78, 5) is 23.1. The highest BCUT2D eigenvalue weighted by Crippen LogP contribution is 2.35. The Hall–Kier alpha value is -2.59. The second-order valence-corrected chi connectivity index (χ2v) is 8.07. The summed E-state index contributed by atoms with van der Waals surface area (Å²) in [5.41, 5.74) is 2.86. The minimum atomic E-state index is -0.154. The average molecular weight is 460 g/mol. The molecule has 1 aromatic carbocycles. The number of nitrogens with zero attached hydrogens (tertiary/aromatic N) is 2. The average Bonchev–Trinajstić information content (AvgIpc) is 3.14. The molecular formula is C23H29N3O5S. The Morgan fingerprint density at radius 3 is 2.62 bits per heavy atom. The summed E-state index contributed by atoms with van der Waals surface area (Å²) < 4.78 is 21.5. The summed E-state index contributed by atoms with van der Waals surface area (Å²) in [6.07, 6.45) is 0. The first-order chi connectivity index (χ1) is 15.6. The Balaban J connectivity index is 1.67. The van der Waals surface area contributed by atoms with Crippen LogP contribution in [0.3, 0.4) is 0 Å². The summed E-state index contributed by atoms with van der Waals surface area (Å²) in [6.45, 7) is 6.86. The quantitative estimate of drug-likeness (QED) is 0.414. The molecule has 0 aliphatic rings. The van der Waals surface area contributed by atoms with Gasteiger partial charge in [-0.3, -0.25) is 4.79 Å². The zero-order chi connectivity index (χ0) is 22.9. The largest absolute Gasteiger partial charge is 0.480 e. The van der Waals surface area contributed by atoms with Gasteiger partial charge in [-0.1, -0.05) is 24.3 Å². The summed E-state index contributed by atoms with van der Waals surface area (Å²) in [7, 11) is 3.14. The van der Waals surface area contributed by atoms with E-state index in [-0.39, 0.29) is 12.5 Å². The Morgan fingerprint density at radius 2 is 1.88 bits per heavy atom. The first kappa shape index (κ1) is 24.1. The number of methoxy groups -OCH3 is 2. The van der Waals surface area contributed by atoms with Gasteiger partial charge in [-0.15, -0.1) is 11.3 Å². The highest BCUT2D eigenvalue weighted by Gasteiger charge is 2.21. The van der Waals surface area contributed by atoms with E-state index in [4.69, 9.17) is 18.9 Å². The molecule has 0 atom stereocenters. The van der Waals surface area contributed by atoms with Gasteiger partial charge >= 0.3 is 0 Å². The molecule has 0 saturated carbocycles. The van der Waals surface area contributed by atoms with E-state index in [0.717, 1.165) is 22.1 Å². The lowest BCUT2D eigenvalue weighted by Crippen LogP contribution is -2.22. The number of amides is 1. The minimum Gasteiger partial charge on any atom is -0.480 e. The maximum Gasteiger partial charge on any atom is 0.261 e. The lowest BCUT2D eigenvalue weighted by atomic mass is 10.1. The molecule has 0 saturated heterocycles. The van der Waals surface area contributed by atoms with Crippen LogP contribution in [0.1, 0.15) is 39.1 Å². The van der Waals surface area contributed by atoms with E-state index in [0.29, 0.717) is 54.4 Å². The molecule has 0 aliphatic carbocycles. The van der Waals surface area contributed by atoms with E-state index in [2.05, 4.69) is 15.3 Å². The number of fused-ring (bicyclic) bond motifs is 1. The Labute approximate surface area is 191 Å². The summed E-state index contributed by atoms with van der Waals surface area (Å²) in [5, 5.41) is 3.76. The van der Waals surface area contributed by atoms with E-state index in [1.165, 1.54) is 11.3 Å². The third kappa shape index (κ3) is 6.01. The molecule has 3 aromatic rings. The lowest BCUT2D eigenvalue weighted by Gasteiger charge is -2.08. The number of hydrogen-bond acceptors (Lipinski definition) is 8. The zero-order valence-electron chi connectivity index (χ0n) is 18.9. The molecular weight excluding hydrogens is 430 g/mol. The monoisotopic (exact) mass is 459 g/mol. The lowest BCUT2D eigenvalue weighted by molar-refractivity contribution is 0.0453. The van der Waals surface area contributed by atoms with Gasteiger partial charge in [-0.25, -0.2) is 4.98 Å². The molecule has 0 aliphatic heterocycles. The van der Waals surface area contributed by atoms with Crippen LogP contribution < -0.4 is 10.1 Å². The number of aryl methyl sites for hydroxylation is 1. The van der Waals surface area contributed by atoms with E-state index in [9.17, 15) is 4.79 Å². The van der Waals surface area contributed by atoms with Gasteiger partial charge in [0.05, 0.1) is 37.2 Å². The van der Waals surface area contributed by atoms with Crippen molar-refractivity contribution in [2.24, 2.45) is 0 Å². The molecule has 9 heteroatoms. The second kappa shape index (κ2) is 11.9. The molecule has 32 heavy (non-hydrogen) atoms. The molecule has 3 rings (SSSR count). The number of rotatable bonds is 12. The van der Waals surface area contributed by atoms with Crippen molar-refractivity contribution in [3.8, 4) is 5.88 Å². The van der Waals surface area contributed by atoms with Gasteiger partial charge in [0.15, 0.2) is 5.82 Å². The topological polar surface area (TPSA) is 91.8 Å². The van der Waals surface area contributed by atoms with Gasteiger partial charge in [0.1, 0.15) is 11.4 Å². The van der Waals surface area contributed by atoms with Crippen molar-refractivity contribution in [1.82, 2.24) is 15.3 Å². The fourth-order valence-electron chi connectivity index (χ4n) is 3.25. The predicted molar refractivity (Wildman–Crippen MR) is 123 cm³/mol. The van der Waals surface area contributed by atoms with E-state index >= 15 is 0 Å². The van der Waals surface area contributed by atoms with Gasteiger partial charge in [0, 0.05) is 20.3 Å². The van der Waals surface area contributed by atoms with Crippen molar-refractivity contribution >= 4 is 27.5 Å². The van der Waals surface area contributed by atoms with Crippen molar-refractivity contribution in [3.63, 3.8) is 0 Å². The molecule has 0 spiro atoms. The van der Waals surface area contributed by atoms with Crippen LogP contribution in [0.15, 0.2) is 24.3 Å². The molecule has 0 radical (unpaired) electrons. The maximum atomic E-state index is 12.9. The Kier molecular flexibility index (Phi) is 8.92. The smallest absolute Gasteiger partial charge is 0.261 e. The molecule has 0 bridgehead atoms. The van der Waals surface area contributed by atoms with Crippen LogP contribution in [-0.4, -0.2) is 49.9 Å². The standard InChI is InChI=1S/C23H29N3O5S/c1-5-30-9-10-31-13-17-8-6-7-16(11-17)12-24-21(27)20-15(2)19-22(29-4)25-18(14-28-3)26-23(19)32-20/h6-8,11H,5,9-10,12-14H2,1-4H3,(H,24,27). The van der Waals surface area contributed by atoms with Crippen LogP contribution >= 0.6 is 11.3 Å². The highest BCUT2D eigenvalue weighted by molar-refractivity contribution is 7.20. The number of aromatic nitrogens is 2. The van der Waals surface area contributed by atoms with E-state index in [1.54, 1.807) is 14.2 Å². The van der Waals surface area contributed by atoms with Crippen LogP contribution in [0.2, 0.25) is 0 Å². The second-order valence-electron chi connectivity index (χ2n) is 7.07. The molecule has 8 nitrogen and oxygen atoms in total. The number of benzene rings is 1. The number of thiophene rings is 1. The number of ether oxygens (including phenoxy) is 4. The molecule has 0 fully saturated rings. The minimum absolute atomic E-state index is 0.154. The fraction of sp³-hybridized carbons (Fsp3) is 0.435. The predicted octanol–water partition coefficient (Wildman–Crippen LogP) is 3.64. The van der Waals surface area contributed by atoms with Crippen molar-refractivity contribution in [2.45, 2.75) is 33.6 Å². The van der Waals surface area contributed by atoms with Crippen molar-refractivity contribution in [2.75, 3.05) is 34.0 Å². The van der Waals surface area contributed by atoms with Crippen LogP contribution in [0.5, 0.6) is 5.88 Å². The van der Waals surface area contributed by atoms with E-state index in [1.807, 2.05) is 38.1 Å². The number of hydrogen-bond donors (Lipinski definition) is 1. The summed E-state index contributed by atoms with van der Waals surface area (Å²) in [5.74, 6) is 0.816. The van der Waals surface area contributed by atoms with Crippen LogP contribution in [-0.2, 0) is 34.0 Å². The molecule has 2 heterocycles. The van der Waals surface area contributed by atoms with Gasteiger partial charge in [-0.2, -0.15) is 4.98 Å². The maximum absolute atomic E-state index is 12.9. The molecule has 1 amide bonds. The number of carbonyl (C=O) groups is 1. The summed E-state index contributed by atoms with van der Waals surface area (Å²) in [6, 6.07) is 7.98. The molecule has 1 N–H and O–H groups in total. The highest BCUT2D eigenvalue weighted by atomic mass is 32.1. The molecule has 2 aromatic heterocycles. The van der Waals surface area contributed by atoms with Gasteiger partial charge in [0.25, 0.3) is 5.91 Å². The van der Waals surface area contributed by atoms with Crippen LogP contribution in [0.4, 0.5) is 0 Å². The number of carbonyl (C=O) groups excluding carboxylic acids is 1. The van der Waals surface area contributed by atoms with Crippen LogP contribution in [0.25, 0.3) is 10.2 Å². The zero-order valence-corrected chi connectivity index (χ0v) is 19.7. The number of nitrogens with one attached hydrogen (secondary N) is 1. The van der Waals surface area contributed by atoms with Gasteiger partial charge < -0.3 is 24.3 Å². The van der Waals surface area contributed by atoms with Crippen LogP contribution in [0, 0.1) is 6.92 Å².